The first-order valence-corrected chi connectivity index (χ1v) is 15.1. The first kappa shape index (κ1) is 31.1. The maximum absolute atomic E-state index is 14.1. The summed E-state index contributed by atoms with van der Waals surface area (Å²) in [6.45, 7) is 8.28. The van der Waals surface area contributed by atoms with Crippen molar-refractivity contribution in [2.24, 2.45) is 5.73 Å². The second-order valence-corrected chi connectivity index (χ2v) is 11.6. The number of carboxylic acids is 1. The highest BCUT2D eigenvalue weighted by atomic mass is 32.1. The van der Waals surface area contributed by atoms with E-state index in [9.17, 15) is 19.5 Å². The van der Waals surface area contributed by atoms with Gasteiger partial charge in [-0.15, -0.1) is 11.3 Å². The lowest BCUT2D eigenvalue weighted by Gasteiger charge is -2.18. The lowest BCUT2D eigenvalue weighted by molar-refractivity contribution is 0.0691. The number of carbonyl (C=O) groups excluding carboxylic acids is 2. The molecule has 0 aliphatic carbocycles. The van der Waals surface area contributed by atoms with E-state index in [1.807, 2.05) is 43.5 Å². The van der Waals surface area contributed by atoms with Gasteiger partial charge in [0.15, 0.2) is 5.69 Å². The van der Waals surface area contributed by atoms with E-state index in [1.54, 1.807) is 12.1 Å². The summed E-state index contributed by atoms with van der Waals surface area (Å²) in [5.41, 5.74) is 11.3. The Balaban J connectivity index is 1.64. The van der Waals surface area contributed by atoms with E-state index in [0.29, 0.717) is 36.7 Å². The van der Waals surface area contributed by atoms with Crippen LogP contribution in [0.5, 0.6) is 5.75 Å². The Morgan fingerprint density at radius 1 is 1.09 bits per heavy atom. The molecule has 1 aliphatic heterocycles. The summed E-state index contributed by atoms with van der Waals surface area (Å²) in [5, 5.41) is 26.6. The van der Waals surface area contributed by atoms with Crippen LogP contribution in [0.4, 0.5) is 5.69 Å². The smallest absolute Gasteiger partial charge is 0.355 e. The zero-order valence-corrected chi connectivity index (χ0v) is 25.6. The molecule has 11 heteroatoms. The fraction of sp³-hybridized carbons (Fsp3) is 0.206. The molecule has 2 aromatic heterocycles. The number of amides is 2. The number of anilines is 1. The Morgan fingerprint density at radius 2 is 1.84 bits per heavy atom. The van der Waals surface area contributed by atoms with Gasteiger partial charge in [-0.1, -0.05) is 18.7 Å². The third kappa shape index (κ3) is 6.47. The number of nitriles is 1. The van der Waals surface area contributed by atoms with Gasteiger partial charge >= 0.3 is 5.97 Å². The summed E-state index contributed by atoms with van der Waals surface area (Å²) in [5.74, 6) is -1.98. The molecule has 0 spiro atoms. The topological polar surface area (TPSA) is 167 Å². The van der Waals surface area contributed by atoms with Gasteiger partial charge in [-0.25, -0.2) is 9.78 Å². The summed E-state index contributed by atoms with van der Waals surface area (Å²) < 4.78 is 6.11. The van der Waals surface area contributed by atoms with Gasteiger partial charge in [-0.3, -0.25) is 9.59 Å². The molecule has 10 nitrogen and oxygen atoms in total. The van der Waals surface area contributed by atoms with Crippen LogP contribution in [-0.4, -0.2) is 34.5 Å². The van der Waals surface area contributed by atoms with E-state index in [4.69, 9.17) is 15.7 Å². The Morgan fingerprint density at radius 3 is 2.53 bits per heavy atom. The van der Waals surface area contributed by atoms with E-state index in [1.165, 1.54) is 23.5 Å². The zero-order chi connectivity index (χ0) is 32.2. The number of carbonyl (C=O) groups is 3. The number of thiophene rings is 1. The maximum atomic E-state index is 14.1. The predicted octanol–water partition coefficient (Wildman–Crippen LogP) is 5.99. The van der Waals surface area contributed by atoms with E-state index in [-0.39, 0.29) is 35.2 Å². The van der Waals surface area contributed by atoms with Crippen LogP contribution < -0.4 is 21.1 Å². The van der Waals surface area contributed by atoms with Gasteiger partial charge in [0, 0.05) is 57.9 Å². The van der Waals surface area contributed by atoms with Gasteiger partial charge in [-0.05, 0) is 78.2 Å². The van der Waals surface area contributed by atoms with Crippen molar-refractivity contribution in [1.29, 1.82) is 5.26 Å². The van der Waals surface area contributed by atoms with Crippen LogP contribution in [-0.2, 0) is 13.0 Å². The molecular weight excluding hydrogens is 590 g/mol. The predicted molar refractivity (Wildman–Crippen MR) is 172 cm³/mol. The number of nitrogens with zero attached hydrogens (tertiary/aromatic N) is 2. The number of benzene rings is 2. The molecule has 0 bridgehead atoms. The monoisotopic (exact) mass is 621 g/mol. The second kappa shape index (κ2) is 13.1. The molecule has 0 saturated carbocycles. The molecule has 2 amide bonds. The summed E-state index contributed by atoms with van der Waals surface area (Å²) >= 11 is 1.54. The number of aryl methyl sites for hydroxylation is 2. The number of ether oxygens (including phenoxy) is 1. The molecule has 2 aromatic carbocycles. The number of hydrogen-bond acceptors (Lipinski definition) is 8. The largest absolute Gasteiger partial charge is 0.493 e. The molecular formula is C34H31N5O5S. The number of rotatable bonds is 9. The molecule has 1 aliphatic rings. The minimum Gasteiger partial charge on any atom is -0.493 e. The van der Waals surface area contributed by atoms with Gasteiger partial charge in [-0.2, -0.15) is 5.26 Å². The number of nitrogens with two attached hydrogens (primary N) is 1. The Hall–Kier alpha value is -5.31. The third-order valence-corrected chi connectivity index (χ3v) is 8.49. The average Bonchev–Trinajstić information content (AvgIpc) is 3.42. The van der Waals surface area contributed by atoms with Gasteiger partial charge in [0.2, 0.25) is 0 Å². The number of carboxylic acid groups (broad SMARTS) is 1. The molecule has 3 heterocycles. The Kier molecular flexibility index (Phi) is 9.08. The Bertz CT molecular complexity index is 1880. The van der Waals surface area contributed by atoms with Crippen molar-refractivity contribution in [3.05, 3.63) is 99.3 Å². The van der Waals surface area contributed by atoms with Crippen molar-refractivity contribution in [1.82, 2.24) is 10.3 Å². The molecule has 45 heavy (non-hydrogen) atoms. The van der Waals surface area contributed by atoms with Crippen LogP contribution in [0, 0.1) is 25.2 Å². The van der Waals surface area contributed by atoms with Gasteiger partial charge in [0.25, 0.3) is 11.8 Å². The Labute approximate surface area is 264 Å². The number of hydrogen-bond donors (Lipinski definition) is 4. The van der Waals surface area contributed by atoms with E-state index in [2.05, 4.69) is 22.2 Å². The lowest BCUT2D eigenvalue weighted by Crippen LogP contribution is -2.24. The van der Waals surface area contributed by atoms with Crippen molar-refractivity contribution < 1.29 is 24.2 Å². The fourth-order valence-corrected chi connectivity index (χ4v) is 6.31. The molecule has 4 aromatic rings. The van der Waals surface area contributed by atoms with Crippen molar-refractivity contribution in [3.8, 4) is 33.4 Å². The minimum atomic E-state index is -1.38. The molecule has 5 rings (SSSR count). The number of aromatic carboxylic acids is 1. The van der Waals surface area contributed by atoms with Crippen molar-refractivity contribution in [3.63, 3.8) is 0 Å². The highest BCUT2D eigenvalue weighted by molar-refractivity contribution is 7.13. The quantitative estimate of drug-likeness (QED) is 0.177. The summed E-state index contributed by atoms with van der Waals surface area (Å²) in [6, 6.07) is 14.1. The summed E-state index contributed by atoms with van der Waals surface area (Å²) in [6.07, 6.45) is 1.10. The molecule has 228 valence electrons. The van der Waals surface area contributed by atoms with Gasteiger partial charge in [0.1, 0.15) is 11.4 Å². The first-order valence-electron chi connectivity index (χ1n) is 14.2. The van der Waals surface area contributed by atoms with Crippen LogP contribution in [0.1, 0.15) is 66.4 Å². The number of aromatic nitrogens is 1. The highest BCUT2D eigenvalue weighted by Gasteiger charge is 2.27. The molecule has 5 N–H and O–H groups in total. The standard InChI is InChI=1S/C34H31N5O5S/c1-18-13-21(17-36)14-19(2)29(18)39-32(40)25-15-26-28(44-11-8-22-9-12-45-31(22)26)16-24(25)23-6-7-27(38-30(23)34(42)43)33(41)37-20(3)5-4-10-35/h6-7,9,12-16H,3-5,8,11,17,36H2,1-2H3,(H,37,41)(H,39,40)(H,42,43). The number of allylic oxidation sites excluding steroid dienone is 1. The van der Waals surface area contributed by atoms with Crippen LogP contribution >= 0.6 is 11.3 Å². The molecule has 0 saturated heterocycles. The summed E-state index contributed by atoms with van der Waals surface area (Å²) in [4.78, 5) is 44.7. The number of pyridine rings is 1. The molecule has 0 fully saturated rings. The van der Waals surface area contributed by atoms with Crippen molar-refractivity contribution in [2.45, 2.75) is 39.7 Å². The van der Waals surface area contributed by atoms with Gasteiger partial charge in [0.05, 0.1) is 12.7 Å². The zero-order valence-electron chi connectivity index (χ0n) is 24.8. The normalized spacial score (nSPS) is 11.7. The second-order valence-electron chi connectivity index (χ2n) is 10.6. The van der Waals surface area contributed by atoms with Crippen molar-refractivity contribution >= 4 is 34.8 Å². The minimum absolute atomic E-state index is 0.140. The van der Waals surface area contributed by atoms with Crippen LogP contribution in [0.3, 0.4) is 0 Å². The van der Waals surface area contributed by atoms with Crippen LogP contribution in [0.15, 0.2) is 60.1 Å². The average molecular weight is 622 g/mol. The van der Waals surface area contributed by atoms with E-state index < -0.39 is 23.5 Å². The van der Waals surface area contributed by atoms with Crippen molar-refractivity contribution in [2.75, 3.05) is 11.9 Å². The fourth-order valence-electron chi connectivity index (χ4n) is 5.34. The SMILES string of the molecule is C=C(CCC#N)NC(=O)c1ccc(-c2cc3c(cc2C(=O)Nc2c(C)cc(CN)cc2C)-c2sccc2CCO3)c(C(=O)O)n1. The third-order valence-electron chi connectivity index (χ3n) is 7.50. The van der Waals surface area contributed by atoms with E-state index >= 15 is 0 Å². The first-order chi connectivity index (χ1) is 21.6. The van der Waals surface area contributed by atoms with Crippen LogP contribution in [0.25, 0.3) is 21.6 Å². The highest BCUT2D eigenvalue weighted by Crippen LogP contribution is 2.43. The molecule has 0 radical (unpaired) electrons. The molecule has 0 unspecified atom stereocenters. The van der Waals surface area contributed by atoms with E-state index in [0.717, 1.165) is 32.7 Å². The lowest BCUT2D eigenvalue weighted by atomic mass is 9.93. The summed E-state index contributed by atoms with van der Waals surface area (Å²) in [7, 11) is 0. The van der Waals surface area contributed by atoms with Crippen LogP contribution in [0.2, 0.25) is 0 Å². The number of nitrogens with one attached hydrogen (secondary N) is 2. The number of fused-ring (bicyclic) bond motifs is 3. The van der Waals surface area contributed by atoms with Gasteiger partial charge < -0.3 is 26.2 Å². The molecule has 0 atom stereocenters. The maximum Gasteiger partial charge on any atom is 0.355 e.